The normalized spacial score (nSPS) is 22.4. The van der Waals surface area contributed by atoms with Crippen LogP contribution in [-0.2, 0) is 22.4 Å². The third-order valence-corrected chi connectivity index (χ3v) is 7.55. The van der Waals surface area contributed by atoms with Crippen LogP contribution in [-0.4, -0.2) is 44.7 Å². The van der Waals surface area contributed by atoms with Crippen LogP contribution in [0.1, 0.15) is 77.4 Å². The van der Waals surface area contributed by atoms with Gasteiger partial charge in [0.25, 0.3) is 0 Å². The molecule has 0 spiro atoms. The summed E-state index contributed by atoms with van der Waals surface area (Å²) in [6, 6.07) is 18.3. The number of carbonyl (C=O) groups is 3. The van der Waals surface area contributed by atoms with Gasteiger partial charge in [-0.15, -0.1) is 0 Å². The molecule has 1 heterocycles. The molecule has 1 aromatic heterocycles. The molecule has 2 aromatic carbocycles. The van der Waals surface area contributed by atoms with Gasteiger partial charge in [0, 0.05) is 32.1 Å². The third-order valence-electron chi connectivity index (χ3n) is 7.55. The van der Waals surface area contributed by atoms with E-state index in [0.717, 1.165) is 11.1 Å². The number of aliphatic imine (C=N–C) groups is 1. The molecule has 0 aliphatic heterocycles. The zero-order valence-corrected chi connectivity index (χ0v) is 21.7. The number of allylic oxidation sites excluding steroid dienone is 2. The number of hydrogen-bond donors (Lipinski definition) is 2. The summed E-state index contributed by atoms with van der Waals surface area (Å²) < 4.78 is 5.55. The maximum Gasteiger partial charge on any atom is 0.328 e. The van der Waals surface area contributed by atoms with Crippen molar-refractivity contribution < 1.29 is 29.1 Å². The lowest BCUT2D eigenvalue weighted by Crippen LogP contribution is -2.29. The molecule has 2 N–H and O–H groups in total. The number of aliphatic carboxylic acids is 1. The molecule has 2 aliphatic rings. The van der Waals surface area contributed by atoms with Crippen molar-refractivity contribution in [2.24, 2.45) is 4.99 Å². The lowest BCUT2D eigenvalue weighted by atomic mass is 9.78. The van der Waals surface area contributed by atoms with E-state index in [2.05, 4.69) is 10.1 Å². The fraction of sp³-hybridized carbons (Fsp3) is 0.323. The second kappa shape index (κ2) is 11.2. The molecule has 1 fully saturated rings. The highest BCUT2D eigenvalue weighted by molar-refractivity contribution is 6.25. The highest BCUT2D eigenvalue weighted by atomic mass is 16.5. The molecule has 8 nitrogen and oxygen atoms in total. The van der Waals surface area contributed by atoms with Crippen molar-refractivity contribution in [3.8, 4) is 0 Å². The fourth-order valence-corrected chi connectivity index (χ4v) is 5.52. The lowest BCUT2D eigenvalue weighted by molar-refractivity contribution is -0.138. The molecule has 5 rings (SSSR count). The molecule has 200 valence electrons. The Morgan fingerprint density at radius 3 is 2.13 bits per heavy atom. The quantitative estimate of drug-likeness (QED) is 0.312. The van der Waals surface area contributed by atoms with E-state index in [1.807, 2.05) is 60.7 Å². The number of rotatable bonds is 7. The molecule has 0 radical (unpaired) electrons. The highest BCUT2D eigenvalue weighted by Gasteiger charge is 2.35. The molecule has 3 unspecified atom stereocenters. The van der Waals surface area contributed by atoms with Gasteiger partial charge in [0.2, 0.25) is 0 Å². The van der Waals surface area contributed by atoms with E-state index in [0.29, 0.717) is 36.3 Å². The number of Topliss-reactive ketones (excluding diaryl/α,β-unsaturated/α-hetero) is 2. The Morgan fingerprint density at radius 2 is 1.51 bits per heavy atom. The largest absolute Gasteiger partial charge is 0.511 e. The second-order valence-corrected chi connectivity index (χ2v) is 10.2. The van der Waals surface area contributed by atoms with Gasteiger partial charge < -0.3 is 14.7 Å². The van der Waals surface area contributed by atoms with E-state index < -0.39 is 12.0 Å². The van der Waals surface area contributed by atoms with Crippen LogP contribution in [0.15, 0.2) is 81.5 Å². The molecule has 8 heteroatoms. The van der Waals surface area contributed by atoms with E-state index in [1.54, 1.807) is 0 Å². The van der Waals surface area contributed by atoms with E-state index >= 15 is 0 Å². The number of nitrogens with zero attached hydrogens (tertiary/aromatic N) is 2. The summed E-state index contributed by atoms with van der Waals surface area (Å²) in [4.78, 5) is 42.2. The third kappa shape index (κ3) is 5.60. The van der Waals surface area contributed by atoms with Crippen LogP contribution < -0.4 is 0 Å². The van der Waals surface area contributed by atoms with Crippen molar-refractivity contribution in [2.75, 3.05) is 0 Å². The monoisotopic (exact) mass is 526 g/mol. The predicted molar refractivity (Wildman–Crippen MR) is 144 cm³/mol. The predicted octanol–water partition coefficient (Wildman–Crippen LogP) is 5.39. The number of hydrogen-bond acceptors (Lipinski definition) is 7. The topological polar surface area (TPSA) is 130 Å². The summed E-state index contributed by atoms with van der Waals surface area (Å²) in [5.74, 6) is -1.22. The molecular weight excluding hydrogens is 496 g/mol. The molecule has 1 saturated carbocycles. The van der Waals surface area contributed by atoms with Crippen molar-refractivity contribution in [3.63, 3.8) is 0 Å². The zero-order valence-electron chi connectivity index (χ0n) is 21.7. The van der Waals surface area contributed by atoms with E-state index in [-0.39, 0.29) is 59.7 Å². The molecule has 0 amide bonds. The molecule has 3 aromatic rings. The summed E-state index contributed by atoms with van der Waals surface area (Å²) in [6.45, 7) is 1.44. The van der Waals surface area contributed by atoms with Crippen molar-refractivity contribution in [1.29, 1.82) is 0 Å². The molecule has 39 heavy (non-hydrogen) atoms. The minimum atomic E-state index is -1.11. The maximum atomic E-state index is 13.3. The average molecular weight is 527 g/mol. The van der Waals surface area contributed by atoms with Gasteiger partial charge in [-0.1, -0.05) is 65.8 Å². The SMILES string of the molecule is CC(N=C1CC(c2ccccc2)CC(=O)C1=C(O)CCc1noc2c1C(=O)CC(c1ccccc1)C2)C(=O)O. The first-order valence-corrected chi connectivity index (χ1v) is 13.2. The number of carboxylic acid groups (broad SMARTS) is 1. The van der Waals surface area contributed by atoms with Gasteiger partial charge in [0.1, 0.15) is 17.6 Å². The zero-order chi connectivity index (χ0) is 27.5. The van der Waals surface area contributed by atoms with Gasteiger partial charge in [-0.2, -0.15) is 0 Å². The van der Waals surface area contributed by atoms with E-state index in [1.165, 1.54) is 6.92 Å². The Morgan fingerprint density at radius 1 is 0.923 bits per heavy atom. The molecule has 0 saturated heterocycles. The minimum Gasteiger partial charge on any atom is -0.511 e. The molecule has 3 atom stereocenters. The number of benzene rings is 2. The number of fused-ring (bicyclic) bond motifs is 1. The van der Waals surface area contributed by atoms with E-state index in [9.17, 15) is 24.6 Å². The summed E-state index contributed by atoms with van der Waals surface area (Å²) in [5.41, 5.74) is 3.31. The highest BCUT2D eigenvalue weighted by Crippen LogP contribution is 2.36. The van der Waals surface area contributed by atoms with Crippen LogP contribution in [0.4, 0.5) is 0 Å². The van der Waals surface area contributed by atoms with Gasteiger partial charge in [-0.05, 0) is 36.3 Å². The molecule has 0 bridgehead atoms. The van der Waals surface area contributed by atoms with Crippen molar-refractivity contribution in [1.82, 2.24) is 5.16 Å². The maximum absolute atomic E-state index is 13.3. The van der Waals surface area contributed by atoms with Crippen LogP contribution >= 0.6 is 0 Å². The van der Waals surface area contributed by atoms with Gasteiger partial charge in [0.05, 0.1) is 22.5 Å². The first-order valence-electron chi connectivity index (χ1n) is 13.2. The van der Waals surface area contributed by atoms with Crippen LogP contribution in [0.2, 0.25) is 0 Å². The smallest absolute Gasteiger partial charge is 0.328 e. The Kier molecular flexibility index (Phi) is 7.54. The Bertz CT molecular complexity index is 1450. The first-order chi connectivity index (χ1) is 18.8. The van der Waals surface area contributed by atoms with Gasteiger partial charge in [0.15, 0.2) is 11.6 Å². The number of carbonyl (C=O) groups excluding carboxylic acids is 2. The van der Waals surface area contributed by atoms with Crippen LogP contribution in [0, 0.1) is 0 Å². The summed E-state index contributed by atoms with van der Waals surface area (Å²) in [7, 11) is 0. The standard InChI is InChI=1S/C31H30N2O6/c1-18(31(37)38)32-24-14-21(19-8-4-2-5-9-19)15-26(35)29(24)25(34)13-12-23-30-27(36)16-22(17-28(30)39-33-23)20-10-6-3-7-11-20/h2-11,18,21-22,34H,12-17H2,1H3,(H,37,38). The number of aryl methyl sites for hydroxylation is 1. The minimum absolute atomic E-state index is 0.0231. The fourth-order valence-electron chi connectivity index (χ4n) is 5.52. The first kappa shape index (κ1) is 26.3. The number of ketones is 2. The van der Waals surface area contributed by atoms with Crippen molar-refractivity contribution >= 4 is 23.2 Å². The Balaban J connectivity index is 1.38. The number of aromatic nitrogens is 1. The van der Waals surface area contributed by atoms with Crippen molar-refractivity contribution in [3.05, 3.63) is 100 Å². The molecule has 2 aliphatic carbocycles. The van der Waals surface area contributed by atoms with Crippen molar-refractivity contribution in [2.45, 2.75) is 63.3 Å². The van der Waals surface area contributed by atoms with Gasteiger partial charge >= 0.3 is 5.97 Å². The van der Waals surface area contributed by atoms with Crippen LogP contribution in [0.25, 0.3) is 0 Å². The summed E-state index contributed by atoms with van der Waals surface area (Å²) >= 11 is 0. The Hall–Kier alpha value is -4.33. The van der Waals surface area contributed by atoms with Gasteiger partial charge in [-0.25, -0.2) is 4.79 Å². The van der Waals surface area contributed by atoms with Gasteiger partial charge in [-0.3, -0.25) is 14.6 Å². The average Bonchev–Trinajstić information content (AvgIpc) is 3.36. The molecular formula is C31H30N2O6. The number of aliphatic hydroxyl groups is 1. The van der Waals surface area contributed by atoms with E-state index in [4.69, 9.17) is 4.52 Å². The summed E-state index contributed by atoms with van der Waals surface area (Å²) in [5, 5.41) is 24.6. The Labute approximate surface area is 226 Å². The lowest BCUT2D eigenvalue weighted by Gasteiger charge is -2.26. The summed E-state index contributed by atoms with van der Waals surface area (Å²) in [6.07, 6.45) is 1.68. The van der Waals surface area contributed by atoms with Crippen LogP contribution in [0.3, 0.4) is 0 Å². The van der Waals surface area contributed by atoms with Crippen LogP contribution in [0.5, 0.6) is 0 Å². The second-order valence-electron chi connectivity index (χ2n) is 10.2. The number of carboxylic acids is 1. The number of aliphatic hydroxyl groups excluding tert-OH is 1.